The van der Waals surface area contributed by atoms with Gasteiger partial charge in [0.2, 0.25) is 5.91 Å². The Kier molecular flexibility index (Phi) is 12.9. The Morgan fingerprint density at radius 1 is 0.933 bits per heavy atom. The van der Waals surface area contributed by atoms with Crippen molar-refractivity contribution in [1.29, 1.82) is 0 Å². The number of unbranched alkanes of at least 4 members (excludes halogenated alkanes) is 6. The maximum Gasteiger partial charge on any atom is 0.306 e. The van der Waals surface area contributed by atoms with E-state index in [1.54, 1.807) is 0 Å². The van der Waals surface area contributed by atoms with Crippen molar-refractivity contribution < 1.29 is 32.4 Å². The van der Waals surface area contributed by atoms with Gasteiger partial charge < -0.3 is 15.2 Å². The van der Waals surface area contributed by atoms with Crippen LogP contribution in [0.5, 0.6) is 0 Å². The smallest absolute Gasteiger partial charge is 0.306 e. The molecule has 10 atom stereocenters. The monoisotopic (exact) mass is 653 g/mol. The van der Waals surface area contributed by atoms with Crippen LogP contribution >= 0.6 is 0 Å². The van der Waals surface area contributed by atoms with Gasteiger partial charge >= 0.3 is 5.97 Å². The van der Waals surface area contributed by atoms with Crippen LogP contribution in [0.25, 0.3) is 0 Å². The average Bonchev–Trinajstić information content (AvgIpc) is 3.34. The van der Waals surface area contributed by atoms with Crippen molar-refractivity contribution in [1.82, 2.24) is 5.32 Å². The molecule has 4 rings (SSSR count). The molecular formula is C36H63NO7S. The first-order valence-corrected chi connectivity index (χ1v) is 20.0. The summed E-state index contributed by atoms with van der Waals surface area (Å²) in [6.45, 7) is 9.13. The topological polar surface area (TPSA) is 130 Å². The molecule has 4 fully saturated rings. The van der Waals surface area contributed by atoms with Gasteiger partial charge in [-0.3, -0.25) is 14.1 Å². The van der Waals surface area contributed by atoms with E-state index < -0.39 is 15.9 Å². The summed E-state index contributed by atoms with van der Waals surface area (Å²) in [7, 11) is -4.09. The number of rotatable bonds is 16. The lowest BCUT2D eigenvalue weighted by Crippen LogP contribution is -2.59. The zero-order valence-corrected chi connectivity index (χ0v) is 29.4. The number of aliphatic hydroxyl groups excluding tert-OH is 1. The van der Waals surface area contributed by atoms with E-state index in [4.69, 9.17) is 9.29 Å². The highest BCUT2D eigenvalue weighted by molar-refractivity contribution is 7.85. The molecule has 9 heteroatoms. The number of carbonyl (C=O) groups is 2. The average molecular weight is 654 g/mol. The number of nitrogens with one attached hydrogen (secondary N) is 1. The van der Waals surface area contributed by atoms with Gasteiger partial charge in [-0.1, -0.05) is 66.2 Å². The lowest BCUT2D eigenvalue weighted by atomic mass is 9.43. The maximum absolute atomic E-state index is 12.7. The molecule has 0 saturated heterocycles. The van der Waals surface area contributed by atoms with Gasteiger partial charge in [0.25, 0.3) is 10.1 Å². The third-order valence-corrected chi connectivity index (χ3v) is 14.0. The number of hydrogen-bond donors (Lipinski definition) is 3. The Hall–Kier alpha value is -1.19. The van der Waals surface area contributed by atoms with Crippen molar-refractivity contribution in [3.63, 3.8) is 0 Å². The van der Waals surface area contributed by atoms with Gasteiger partial charge in [0.1, 0.15) is 6.10 Å². The van der Waals surface area contributed by atoms with Crippen molar-refractivity contribution in [3.05, 3.63) is 0 Å². The van der Waals surface area contributed by atoms with E-state index in [1.165, 1.54) is 44.9 Å². The van der Waals surface area contributed by atoms with Crippen LogP contribution < -0.4 is 5.32 Å². The largest absolute Gasteiger partial charge is 0.462 e. The summed E-state index contributed by atoms with van der Waals surface area (Å²) in [5.74, 6) is 2.06. The van der Waals surface area contributed by atoms with Crippen LogP contribution in [-0.4, -0.2) is 54.5 Å². The van der Waals surface area contributed by atoms with Gasteiger partial charge in [-0.15, -0.1) is 0 Å². The van der Waals surface area contributed by atoms with Crippen molar-refractivity contribution in [2.24, 2.45) is 46.3 Å². The van der Waals surface area contributed by atoms with Crippen LogP contribution in [0.2, 0.25) is 0 Å². The number of ether oxygens (including phenoxy) is 1. The molecule has 260 valence electrons. The molecule has 0 aromatic rings. The molecule has 0 aliphatic heterocycles. The molecule has 3 N–H and O–H groups in total. The molecule has 4 aliphatic rings. The number of esters is 1. The summed E-state index contributed by atoms with van der Waals surface area (Å²) in [4.78, 5) is 25.0. The second kappa shape index (κ2) is 15.8. The quantitative estimate of drug-likeness (QED) is 0.0921. The minimum Gasteiger partial charge on any atom is -0.462 e. The summed E-state index contributed by atoms with van der Waals surface area (Å²) >= 11 is 0. The van der Waals surface area contributed by atoms with Crippen LogP contribution in [0.4, 0.5) is 0 Å². The molecule has 45 heavy (non-hydrogen) atoms. The molecule has 10 unspecified atom stereocenters. The fraction of sp³-hybridized carbons (Fsp3) is 0.944. The van der Waals surface area contributed by atoms with Crippen molar-refractivity contribution >= 4 is 22.0 Å². The second-order valence-corrected chi connectivity index (χ2v) is 17.4. The van der Waals surface area contributed by atoms with Crippen LogP contribution in [0.15, 0.2) is 0 Å². The highest BCUT2D eigenvalue weighted by Crippen LogP contribution is 2.68. The predicted octanol–water partition coefficient (Wildman–Crippen LogP) is 7.09. The molecule has 1 amide bonds. The fourth-order valence-corrected chi connectivity index (χ4v) is 11.0. The third kappa shape index (κ3) is 8.84. The number of amides is 1. The van der Waals surface area contributed by atoms with Gasteiger partial charge in [-0.05, 0) is 111 Å². The highest BCUT2D eigenvalue weighted by Gasteiger charge is 2.63. The molecule has 0 aromatic heterocycles. The Balaban J connectivity index is 1.27. The van der Waals surface area contributed by atoms with E-state index in [0.29, 0.717) is 48.9 Å². The summed E-state index contributed by atoms with van der Waals surface area (Å²) in [5.41, 5.74) is 0.0183. The fourth-order valence-electron chi connectivity index (χ4n) is 10.7. The van der Waals surface area contributed by atoms with Gasteiger partial charge in [0, 0.05) is 19.4 Å². The van der Waals surface area contributed by atoms with Gasteiger partial charge in [0.15, 0.2) is 0 Å². The molecule has 8 nitrogen and oxygen atoms in total. The molecule has 4 saturated carbocycles. The first-order valence-electron chi connectivity index (χ1n) is 18.4. The normalized spacial score (nSPS) is 36.8. The Morgan fingerprint density at radius 2 is 1.64 bits per heavy atom. The lowest BCUT2D eigenvalue weighted by Gasteiger charge is -2.62. The summed E-state index contributed by atoms with van der Waals surface area (Å²) in [6.07, 6.45) is 18.0. The maximum atomic E-state index is 12.7. The number of hydrogen-bond acceptors (Lipinski definition) is 6. The Labute approximate surface area is 273 Å². The van der Waals surface area contributed by atoms with E-state index in [1.807, 2.05) is 0 Å². The van der Waals surface area contributed by atoms with E-state index >= 15 is 0 Å². The molecule has 0 aromatic carbocycles. The summed E-state index contributed by atoms with van der Waals surface area (Å²) in [5, 5.41) is 14.5. The Bertz CT molecular complexity index is 1100. The predicted molar refractivity (Wildman–Crippen MR) is 177 cm³/mol. The van der Waals surface area contributed by atoms with E-state index in [0.717, 1.165) is 51.4 Å². The van der Waals surface area contributed by atoms with E-state index in [9.17, 15) is 23.1 Å². The summed E-state index contributed by atoms with van der Waals surface area (Å²) < 4.78 is 36.8. The Morgan fingerprint density at radius 3 is 2.36 bits per heavy atom. The van der Waals surface area contributed by atoms with Gasteiger partial charge in [-0.2, -0.15) is 8.42 Å². The molecule has 0 heterocycles. The first-order chi connectivity index (χ1) is 21.3. The number of aliphatic hydroxyl groups is 1. The first kappa shape index (κ1) is 36.6. The summed E-state index contributed by atoms with van der Waals surface area (Å²) in [6, 6.07) is 0. The van der Waals surface area contributed by atoms with Crippen molar-refractivity contribution in [2.75, 3.05) is 12.3 Å². The number of fused-ring (bicyclic) bond motifs is 5. The second-order valence-electron chi connectivity index (χ2n) is 15.9. The number of carbonyl (C=O) groups excluding carboxylic acids is 2. The minimum absolute atomic E-state index is 0.0172. The van der Waals surface area contributed by atoms with Gasteiger partial charge in [-0.25, -0.2) is 0 Å². The van der Waals surface area contributed by atoms with Gasteiger partial charge in [0.05, 0.1) is 11.9 Å². The molecule has 4 aliphatic carbocycles. The van der Waals surface area contributed by atoms with Crippen LogP contribution in [0.3, 0.4) is 0 Å². The zero-order valence-electron chi connectivity index (χ0n) is 28.6. The third-order valence-electron chi connectivity index (χ3n) is 13.3. The highest BCUT2D eigenvalue weighted by atomic mass is 32.2. The van der Waals surface area contributed by atoms with Crippen LogP contribution in [0, 0.1) is 46.3 Å². The standard InChI is InChI=1S/C36H63NO7S/c1-5-6-7-8-9-10-11-12-34(40)44-27-19-20-35(3)26(23-27)14-15-28-30-17-16-29(36(30,4)32(38)24-31(28)35)25(2)13-18-33(39)37-21-22-45(41,42)43/h25-32,38H,5-24H2,1-4H3,(H,37,39)(H,41,42,43). The van der Waals surface area contributed by atoms with E-state index in [-0.39, 0.29) is 47.4 Å². The van der Waals surface area contributed by atoms with E-state index in [2.05, 4.69) is 33.0 Å². The lowest BCUT2D eigenvalue weighted by molar-refractivity contribution is -0.181. The minimum atomic E-state index is -4.09. The SMILES string of the molecule is CCCCCCCCCC(=O)OC1CCC2(C)C(CCC3C2CC(O)C2(C)C(C(C)CCC(=O)NCCS(=O)(=O)O)CCC32)C1. The van der Waals surface area contributed by atoms with Crippen LogP contribution in [-0.2, 0) is 24.4 Å². The zero-order chi connectivity index (χ0) is 32.8. The van der Waals surface area contributed by atoms with Crippen molar-refractivity contribution in [2.45, 2.75) is 155 Å². The molecular weight excluding hydrogens is 590 g/mol. The molecule has 0 bridgehead atoms. The van der Waals surface area contributed by atoms with Crippen LogP contribution in [0.1, 0.15) is 143 Å². The molecule has 0 radical (unpaired) electrons. The molecule has 0 spiro atoms. The van der Waals surface area contributed by atoms with Crippen molar-refractivity contribution in [3.8, 4) is 0 Å².